The zero-order valence-corrected chi connectivity index (χ0v) is 23.8. The van der Waals surface area contributed by atoms with Crippen LogP contribution in [0.15, 0.2) is 78.9 Å². The molecule has 1 aliphatic heterocycles. The minimum atomic E-state index is -1.25. The van der Waals surface area contributed by atoms with E-state index in [2.05, 4.69) is 35.0 Å². The summed E-state index contributed by atoms with van der Waals surface area (Å²) in [5, 5.41) is 5.03. The van der Waals surface area contributed by atoms with Crippen molar-refractivity contribution < 1.29 is 9.59 Å². The van der Waals surface area contributed by atoms with Crippen LogP contribution in [0.1, 0.15) is 72.1 Å². The Kier molecular flexibility index (Phi) is 7.41. The number of hydrogen-bond acceptors (Lipinski definition) is 2. The van der Waals surface area contributed by atoms with Gasteiger partial charge in [0.15, 0.2) is 5.54 Å². The molecule has 1 aliphatic carbocycles. The number of fused-ring (bicyclic) bond motifs is 3. The van der Waals surface area contributed by atoms with Crippen LogP contribution < -0.4 is 5.32 Å². The Morgan fingerprint density at radius 1 is 0.925 bits per heavy atom. The lowest BCUT2D eigenvalue weighted by Crippen LogP contribution is -2.64. The first-order valence-electron chi connectivity index (χ1n) is 14.5. The normalized spacial score (nSPS) is 20.1. The van der Waals surface area contributed by atoms with E-state index in [4.69, 9.17) is 11.6 Å². The number of aromatic nitrogens is 1. The second-order valence-corrected chi connectivity index (χ2v) is 11.8. The van der Waals surface area contributed by atoms with Crippen LogP contribution in [-0.4, -0.2) is 27.3 Å². The number of hydrogen-bond donors (Lipinski definition) is 1. The maximum atomic E-state index is 14.8. The number of amides is 2. The fourth-order valence-electron chi connectivity index (χ4n) is 6.53. The van der Waals surface area contributed by atoms with Crippen molar-refractivity contribution in [2.75, 3.05) is 0 Å². The van der Waals surface area contributed by atoms with E-state index in [1.54, 1.807) is 4.90 Å². The van der Waals surface area contributed by atoms with Gasteiger partial charge in [-0.05, 0) is 54.7 Å². The highest BCUT2D eigenvalue weighted by molar-refractivity contribution is 6.31. The summed E-state index contributed by atoms with van der Waals surface area (Å²) in [5.74, 6) is -0.290. The van der Waals surface area contributed by atoms with Gasteiger partial charge in [-0.15, -0.1) is 0 Å². The van der Waals surface area contributed by atoms with Crippen molar-refractivity contribution in [3.05, 3.63) is 106 Å². The summed E-state index contributed by atoms with van der Waals surface area (Å²) in [4.78, 5) is 31.1. The lowest BCUT2D eigenvalue weighted by molar-refractivity contribution is -0.136. The minimum absolute atomic E-state index is 0.0932. The molecule has 6 rings (SSSR count). The van der Waals surface area contributed by atoms with E-state index >= 15 is 0 Å². The summed E-state index contributed by atoms with van der Waals surface area (Å²) in [7, 11) is 0. The molecule has 4 aromatic rings. The average Bonchev–Trinajstić information content (AvgIpc) is 3.30. The van der Waals surface area contributed by atoms with Crippen LogP contribution in [0.5, 0.6) is 0 Å². The van der Waals surface area contributed by atoms with Gasteiger partial charge in [0.25, 0.3) is 11.8 Å². The van der Waals surface area contributed by atoms with Crippen LogP contribution in [0, 0.1) is 6.92 Å². The third-order valence-corrected chi connectivity index (χ3v) is 9.09. The van der Waals surface area contributed by atoms with E-state index in [-0.39, 0.29) is 24.4 Å². The first-order valence-corrected chi connectivity index (χ1v) is 14.9. The van der Waals surface area contributed by atoms with Crippen LogP contribution in [0.25, 0.3) is 10.9 Å². The Labute approximate surface area is 241 Å². The molecule has 1 saturated carbocycles. The van der Waals surface area contributed by atoms with Gasteiger partial charge in [-0.25, -0.2) is 0 Å². The highest BCUT2D eigenvalue weighted by Crippen LogP contribution is 2.41. The second-order valence-electron chi connectivity index (χ2n) is 11.4. The fourth-order valence-corrected chi connectivity index (χ4v) is 6.73. The van der Waals surface area contributed by atoms with Crippen molar-refractivity contribution in [1.29, 1.82) is 0 Å². The van der Waals surface area contributed by atoms with Gasteiger partial charge in [0, 0.05) is 28.5 Å². The van der Waals surface area contributed by atoms with E-state index in [9.17, 15) is 9.59 Å². The van der Waals surface area contributed by atoms with Crippen molar-refractivity contribution in [1.82, 2.24) is 14.8 Å². The van der Waals surface area contributed by atoms with Crippen LogP contribution in [0.4, 0.5) is 0 Å². The SMILES string of the molecule is Cc1ccc2cc3n(c2c1)CC(C(=O)NC1CCCCCCC1)(c1ccccc1)N(Cc1ccccc1Cl)C3=O. The lowest BCUT2D eigenvalue weighted by atomic mass is 9.83. The van der Waals surface area contributed by atoms with Gasteiger partial charge in [-0.1, -0.05) is 104 Å². The van der Waals surface area contributed by atoms with Gasteiger partial charge < -0.3 is 14.8 Å². The molecule has 2 amide bonds. The van der Waals surface area contributed by atoms with Crippen molar-refractivity contribution in [3.63, 3.8) is 0 Å². The van der Waals surface area contributed by atoms with E-state index in [0.29, 0.717) is 17.3 Å². The number of halogens is 1. The Bertz CT molecular complexity index is 1540. The van der Waals surface area contributed by atoms with Crippen LogP contribution >= 0.6 is 11.6 Å². The molecule has 6 heteroatoms. The van der Waals surface area contributed by atoms with Gasteiger partial charge in [0.2, 0.25) is 0 Å². The summed E-state index contributed by atoms with van der Waals surface area (Å²) in [6.45, 7) is 2.61. The van der Waals surface area contributed by atoms with Gasteiger partial charge >= 0.3 is 0 Å². The van der Waals surface area contributed by atoms with E-state index in [1.807, 2.05) is 60.7 Å². The second kappa shape index (κ2) is 11.1. The molecule has 1 fully saturated rings. The van der Waals surface area contributed by atoms with Gasteiger partial charge in [-0.2, -0.15) is 0 Å². The first-order chi connectivity index (χ1) is 19.5. The third kappa shape index (κ3) is 4.81. The van der Waals surface area contributed by atoms with Crippen molar-refractivity contribution >= 4 is 34.3 Å². The monoisotopic (exact) mass is 553 g/mol. The maximum Gasteiger partial charge on any atom is 0.272 e. The molecule has 0 bridgehead atoms. The molecule has 40 heavy (non-hydrogen) atoms. The molecule has 1 N–H and O–H groups in total. The summed E-state index contributed by atoms with van der Waals surface area (Å²) >= 11 is 6.64. The molecule has 1 unspecified atom stereocenters. The highest BCUT2D eigenvalue weighted by atomic mass is 35.5. The zero-order valence-electron chi connectivity index (χ0n) is 23.0. The predicted octanol–water partition coefficient (Wildman–Crippen LogP) is 7.38. The van der Waals surface area contributed by atoms with Crippen molar-refractivity contribution in [3.8, 4) is 0 Å². The first kappa shape index (κ1) is 26.6. The van der Waals surface area contributed by atoms with Crippen molar-refractivity contribution in [2.24, 2.45) is 0 Å². The number of aryl methyl sites for hydroxylation is 1. The van der Waals surface area contributed by atoms with Crippen molar-refractivity contribution in [2.45, 2.75) is 76.5 Å². The van der Waals surface area contributed by atoms with E-state index < -0.39 is 5.54 Å². The summed E-state index contributed by atoms with van der Waals surface area (Å²) in [6, 6.07) is 25.7. The van der Waals surface area contributed by atoms with Crippen LogP contribution in [0.2, 0.25) is 5.02 Å². The maximum absolute atomic E-state index is 14.8. The van der Waals surface area contributed by atoms with E-state index in [1.165, 1.54) is 19.3 Å². The Hall–Kier alpha value is -3.57. The molecular formula is C34H36ClN3O2. The molecule has 2 heterocycles. The average molecular weight is 554 g/mol. The fraction of sp³-hybridized carbons (Fsp3) is 0.353. The molecule has 0 radical (unpaired) electrons. The summed E-state index contributed by atoms with van der Waals surface area (Å²) in [5.41, 5.74) is 3.06. The minimum Gasteiger partial charge on any atom is -0.351 e. The molecule has 0 saturated heterocycles. The highest BCUT2D eigenvalue weighted by Gasteiger charge is 2.53. The molecule has 206 valence electrons. The Balaban J connectivity index is 1.53. The van der Waals surface area contributed by atoms with Gasteiger partial charge in [0.1, 0.15) is 5.69 Å². The standard InChI is InChI=1S/C34H36ClN3O2/c1-24-18-19-25-21-31-32(39)38(22-26-12-10-11-17-29(26)35)34(23-37(31)30(25)20-24,27-13-6-5-7-14-27)33(40)36-28-15-8-3-2-4-9-16-28/h5-7,10-14,17-21,28H,2-4,8-9,15-16,22-23H2,1H3,(H,36,40). The smallest absolute Gasteiger partial charge is 0.272 e. The zero-order chi connectivity index (χ0) is 27.7. The topological polar surface area (TPSA) is 54.3 Å². The Morgan fingerprint density at radius 3 is 2.38 bits per heavy atom. The summed E-state index contributed by atoms with van der Waals surface area (Å²) in [6.07, 6.45) is 7.81. The summed E-state index contributed by atoms with van der Waals surface area (Å²) < 4.78 is 2.05. The van der Waals surface area contributed by atoms with Crippen LogP contribution in [0.3, 0.4) is 0 Å². The predicted molar refractivity (Wildman–Crippen MR) is 160 cm³/mol. The van der Waals surface area contributed by atoms with Gasteiger partial charge in [0.05, 0.1) is 6.54 Å². The quantitative estimate of drug-likeness (QED) is 0.280. The molecule has 1 aromatic heterocycles. The molecule has 2 aliphatic rings. The molecule has 1 atom stereocenters. The molecule has 0 spiro atoms. The molecule has 5 nitrogen and oxygen atoms in total. The molecule has 3 aromatic carbocycles. The Morgan fingerprint density at radius 2 is 1.62 bits per heavy atom. The number of carbonyl (C=O) groups is 2. The van der Waals surface area contributed by atoms with Gasteiger partial charge in [-0.3, -0.25) is 9.59 Å². The number of rotatable bonds is 5. The van der Waals surface area contributed by atoms with E-state index in [0.717, 1.165) is 53.3 Å². The van der Waals surface area contributed by atoms with Crippen LogP contribution in [-0.2, 0) is 23.4 Å². The molecular weight excluding hydrogens is 518 g/mol. The number of carbonyl (C=O) groups excluding carboxylic acids is 2. The number of nitrogens with zero attached hydrogens (tertiary/aromatic N) is 2. The number of benzene rings is 3. The third-order valence-electron chi connectivity index (χ3n) is 8.73. The number of nitrogens with one attached hydrogen (secondary N) is 1. The lowest BCUT2D eigenvalue weighted by Gasteiger charge is -2.47. The largest absolute Gasteiger partial charge is 0.351 e.